The molecule has 1 amide bonds. The number of benzene rings is 2. The van der Waals surface area contributed by atoms with E-state index in [1.54, 1.807) is 19.1 Å². The number of carboxylic acid groups (broad SMARTS) is 1. The van der Waals surface area contributed by atoms with Crippen LogP contribution in [-0.2, 0) is 0 Å². The number of nitrogens with one attached hydrogen (secondary N) is 1. The van der Waals surface area contributed by atoms with E-state index in [1.165, 1.54) is 18.2 Å². The van der Waals surface area contributed by atoms with E-state index in [-0.39, 0.29) is 16.8 Å². The molecule has 0 aliphatic rings. The zero-order chi connectivity index (χ0) is 15.6. The topological polar surface area (TPSA) is 66.4 Å². The van der Waals surface area contributed by atoms with Gasteiger partial charge in [-0.1, -0.05) is 18.2 Å². The van der Waals surface area contributed by atoms with E-state index >= 15 is 0 Å². The second kappa shape index (κ2) is 6.05. The summed E-state index contributed by atoms with van der Waals surface area (Å²) in [5.41, 5.74) is 0.522. The SMILES string of the molecule is Cc1cccc(C(=O)O)c1NC(=O)c1c(F)cccc1Br. The molecule has 0 radical (unpaired) electrons. The van der Waals surface area contributed by atoms with E-state index in [9.17, 15) is 14.0 Å². The molecule has 0 aromatic heterocycles. The van der Waals surface area contributed by atoms with Crippen molar-refractivity contribution in [2.24, 2.45) is 0 Å². The predicted molar refractivity (Wildman–Crippen MR) is 80.2 cm³/mol. The molecule has 0 aliphatic heterocycles. The number of rotatable bonds is 3. The fraction of sp³-hybridized carbons (Fsp3) is 0.0667. The van der Waals surface area contributed by atoms with Crippen molar-refractivity contribution in [3.63, 3.8) is 0 Å². The van der Waals surface area contributed by atoms with Gasteiger partial charge in [0.2, 0.25) is 0 Å². The minimum Gasteiger partial charge on any atom is -0.478 e. The lowest BCUT2D eigenvalue weighted by Crippen LogP contribution is -2.17. The van der Waals surface area contributed by atoms with E-state index < -0.39 is 17.7 Å². The lowest BCUT2D eigenvalue weighted by Gasteiger charge is -2.12. The monoisotopic (exact) mass is 351 g/mol. The molecule has 0 aliphatic carbocycles. The summed E-state index contributed by atoms with van der Waals surface area (Å²) in [6.45, 7) is 1.67. The van der Waals surface area contributed by atoms with Crippen molar-refractivity contribution in [1.29, 1.82) is 0 Å². The number of carboxylic acids is 1. The fourth-order valence-corrected chi connectivity index (χ4v) is 2.42. The molecule has 0 heterocycles. The van der Waals surface area contributed by atoms with Crippen molar-refractivity contribution < 1.29 is 19.1 Å². The second-order valence-electron chi connectivity index (χ2n) is 4.35. The Labute approximate surface area is 128 Å². The predicted octanol–water partition coefficient (Wildman–Crippen LogP) is 3.85. The first-order valence-electron chi connectivity index (χ1n) is 6.00. The first kappa shape index (κ1) is 15.2. The Hall–Kier alpha value is -2.21. The Morgan fingerprint density at radius 3 is 2.48 bits per heavy atom. The first-order valence-corrected chi connectivity index (χ1v) is 6.79. The van der Waals surface area contributed by atoms with Crippen LogP contribution in [0.3, 0.4) is 0 Å². The summed E-state index contributed by atoms with van der Waals surface area (Å²) in [5, 5.41) is 11.6. The van der Waals surface area contributed by atoms with Gasteiger partial charge in [0.25, 0.3) is 5.91 Å². The molecule has 0 unspecified atom stereocenters. The molecule has 2 N–H and O–H groups in total. The summed E-state index contributed by atoms with van der Waals surface area (Å²) < 4.78 is 14.1. The number of para-hydroxylation sites is 1. The summed E-state index contributed by atoms with van der Waals surface area (Å²) in [5.74, 6) is -2.56. The van der Waals surface area contributed by atoms with Gasteiger partial charge in [-0.25, -0.2) is 9.18 Å². The van der Waals surface area contributed by atoms with Gasteiger partial charge >= 0.3 is 5.97 Å². The summed E-state index contributed by atoms with van der Waals surface area (Å²) in [6, 6.07) is 8.78. The van der Waals surface area contributed by atoms with Crippen LogP contribution < -0.4 is 5.32 Å². The van der Waals surface area contributed by atoms with Crippen LogP contribution in [0.15, 0.2) is 40.9 Å². The normalized spacial score (nSPS) is 10.2. The van der Waals surface area contributed by atoms with Gasteiger partial charge in [-0.05, 0) is 46.6 Å². The highest BCUT2D eigenvalue weighted by molar-refractivity contribution is 9.10. The first-order chi connectivity index (χ1) is 9.91. The number of hydrogen-bond donors (Lipinski definition) is 2. The Balaban J connectivity index is 2.44. The minimum atomic E-state index is -1.17. The summed E-state index contributed by atoms with van der Waals surface area (Å²) in [6.07, 6.45) is 0. The van der Waals surface area contributed by atoms with Gasteiger partial charge in [0.05, 0.1) is 16.8 Å². The molecule has 2 rings (SSSR count). The van der Waals surface area contributed by atoms with E-state index in [0.29, 0.717) is 10.0 Å². The standard InChI is InChI=1S/C15H11BrFNO3/c1-8-4-2-5-9(15(20)21)13(8)18-14(19)12-10(16)6-3-7-11(12)17/h2-7H,1H3,(H,18,19)(H,20,21). The van der Waals surface area contributed by atoms with Crippen LogP contribution >= 0.6 is 15.9 Å². The number of anilines is 1. The van der Waals surface area contributed by atoms with Gasteiger partial charge in [0.15, 0.2) is 0 Å². The van der Waals surface area contributed by atoms with Gasteiger partial charge in [-0.3, -0.25) is 4.79 Å². The number of amides is 1. The second-order valence-corrected chi connectivity index (χ2v) is 5.21. The Kier molecular flexibility index (Phi) is 4.37. The molecule has 2 aromatic rings. The summed E-state index contributed by atoms with van der Waals surface area (Å²) in [4.78, 5) is 23.4. The molecule has 21 heavy (non-hydrogen) atoms. The molecule has 0 spiro atoms. The number of carbonyl (C=O) groups excluding carboxylic acids is 1. The van der Waals surface area contributed by atoms with Crippen molar-refractivity contribution in [3.8, 4) is 0 Å². The summed E-state index contributed by atoms with van der Waals surface area (Å²) >= 11 is 3.11. The zero-order valence-corrected chi connectivity index (χ0v) is 12.6. The highest BCUT2D eigenvalue weighted by Gasteiger charge is 2.19. The van der Waals surface area contributed by atoms with Crippen molar-refractivity contribution in [2.75, 3.05) is 5.32 Å². The third kappa shape index (κ3) is 3.11. The van der Waals surface area contributed by atoms with Gasteiger partial charge in [-0.15, -0.1) is 0 Å². The summed E-state index contributed by atoms with van der Waals surface area (Å²) in [7, 11) is 0. The van der Waals surface area contributed by atoms with Crippen LogP contribution in [0, 0.1) is 12.7 Å². The van der Waals surface area contributed by atoms with E-state index in [0.717, 1.165) is 6.07 Å². The maximum atomic E-state index is 13.8. The van der Waals surface area contributed by atoms with Crippen LogP contribution in [-0.4, -0.2) is 17.0 Å². The molecular formula is C15H11BrFNO3. The van der Waals surface area contributed by atoms with Gasteiger partial charge < -0.3 is 10.4 Å². The molecule has 0 saturated heterocycles. The number of carbonyl (C=O) groups is 2. The van der Waals surface area contributed by atoms with Gasteiger partial charge in [-0.2, -0.15) is 0 Å². The molecule has 4 nitrogen and oxygen atoms in total. The van der Waals surface area contributed by atoms with Crippen molar-refractivity contribution in [1.82, 2.24) is 0 Å². The molecule has 108 valence electrons. The highest BCUT2D eigenvalue weighted by atomic mass is 79.9. The molecule has 6 heteroatoms. The van der Waals surface area contributed by atoms with Crippen molar-refractivity contribution >= 4 is 33.5 Å². The number of halogens is 2. The molecule has 0 saturated carbocycles. The molecule has 0 atom stereocenters. The lowest BCUT2D eigenvalue weighted by atomic mass is 10.1. The van der Waals surface area contributed by atoms with Crippen molar-refractivity contribution in [3.05, 3.63) is 63.4 Å². The lowest BCUT2D eigenvalue weighted by molar-refractivity contribution is 0.0698. The largest absolute Gasteiger partial charge is 0.478 e. The average Bonchev–Trinajstić information content (AvgIpc) is 2.40. The van der Waals surface area contributed by atoms with Gasteiger partial charge in [0, 0.05) is 4.47 Å². The number of aryl methyl sites for hydroxylation is 1. The Morgan fingerprint density at radius 2 is 1.86 bits per heavy atom. The van der Waals surface area contributed by atoms with Crippen LogP contribution in [0.4, 0.5) is 10.1 Å². The maximum absolute atomic E-state index is 13.8. The quantitative estimate of drug-likeness (QED) is 0.882. The zero-order valence-electron chi connectivity index (χ0n) is 11.0. The van der Waals surface area contributed by atoms with Crippen LogP contribution in [0.25, 0.3) is 0 Å². The molecule has 0 bridgehead atoms. The smallest absolute Gasteiger partial charge is 0.337 e. The Bertz CT molecular complexity index is 711. The third-order valence-electron chi connectivity index (χ3n) is 2.93. The maximum Gasteiger partial charge on any atom is 0.337 e. The van der Waals surface area contributed by atoms with Crippen LogP contribution in [0.5, 0.6) is 0 Å². The molecule has 2 aromatic carbocycles. The highest BCUT2D eigenvalue weighted by Crippen LogP contribution is 2.24. The van der Waals surface area contributed by atoms with E-state index in [4.69, 9.17) is 5.11 Å². The van der Waals surface area contributed by atoms with Gasteiger partial charge in [0.1, 0.15) is 5.82 Å². The van der Waals surface area contributed by atoms with Crippen molar-refractivity contribution in [2.45, 2.75) is 6.92 Å². The molecular weight excluding hydrogens is 341 g/mol. The van der Waals surface area contributed by atoms with E-state index in [2.05, 4.69) is 21.2 Å². The number of aromatic carboxylic acids is 1. The molecule has 0 fully saturated rings. The third-order valence-corrected chi connectivity index (χ3v) is 3.59. The number of hydrogen-bond acceptors (Lipinski definition) is 2. The fourth-order valence-electron chi connectivity index (χ4n) is 1.90. The van der Waals surface area contributed by atoms with Crippen LogP contribution in [0.1, 0.15) is 26.3 Å². The van der Waals surface area contributed by atoms with E-state index in [1.807, 2.05) is 0 Å². The Morgan fingerprint density at radius 1 is 1.19 bits per heavy atom. The minimum absolute atomic E-state index is 0.0455. The van der Waals surface area contributed by atoms with Crippen LogP contribution in [0.2, 0.25) is 0 Å². The average molecular weight is 352 g/mol.